The average Bonchev–Trinajstić information content (AvgIpc) is 2.81. The Bertz CT molecular complexity index is 1090. The van der Waals surface area contributed by atoms with Crippen molar-refractivity contribution in [2.45, 2.75) is 71.6 Å². The van der Waals surface area contributed by atoms with Gasteiger partial charge in [0.15, 0.2) is 0 Å². The Morgan fingerprint density at radius 2 is 1.91 bits per heavy atom. The summed E-state index contributed by atoms with van der Waals surface area (Å²) in [6, 6.07) is 12.3. The van der Waals surface area contributed by atoms with E-state index in [4.69, 9.17) is 21.1 Å². The minimum absolute atomic E-state index is 0.0100. The zero-order chi connectivity index (χ0) is 24.7. The largest absolute Gasteiger partial charge is 0.491 e. The summed E-state index contributed by atoms with van der Waals surface area (Å²) in [5, 5.41) is 3.92. The maximum Gasteiger partial charge on any atom is 0.407 e. The zero-order valence-electron chi connectivity index (χ0n) is 21.3. The molecule has 2 aromatic rings. The van der Waals surface area contributed by atoms with Gasteiger partial charge in [-0.2, -0.15) is 0 Å². The zero-order valence-corrected chi connectivity index (χ0v) is 22.0. The van der Waals surface area contributed by atoms with E-state index < -0.39 is 0 Å². The smallest absolute Gasteiger partial charge is 0.407 e. The number of amides is 1. The number of piperidine rings is 3. The summed E-state index contributed by atoms with van der Waals surface area (Å²) in [6.07, 6.45) is 4.04. The van der Waals surface area contributed by atoms with Crippen molar-refractivity contribution >= 4 is 17.7 Å². The van der Waals surface area contributed by atoms with E-state index in [0.29, 0.717) is 10.9 Å². The van der Waals surface area contributed by atoms with Crippen molar-refractivity contribution in [3.05, 3.63) is 52.5 Å². The highest BCUT2D eigenvalue weighted by Gasteiger charge is 2.40. The van der Waals surface area contributed by atoms with Gasteiger partial charge in [0.1, 0.15) is 11.9 Å². The van der Waals surface area contributed by atoms with Crippen LogP contribution in [0.4, 0.5) is 4.79 Å². The van der Waals surface area contributed by atoms with Gasteiger partial charge in [0.25, 0.3) is 0 Å². The van der Waals surface area contributed by atoms with Crippen molar-refractivity contribution in [3.63, 3.8) is 0 Å². The van der Waals surface area contributed by atoms with Crippen molar-refractivity contribution in [2.24, 2.45) is 11.3 Å². The topological polar surface area (TPSA) is 50.8 Å². The number of nitrogens with zero attached hydrogens (tertiary/aromatic N) is 1. The highest BCUT2D eigenvalue weighted by Crippen LogP contribution is 2.45. The van der Waals surface area contributed by atoms with Crippen LogP contribution in [-0.2, 0) is 11.2 Å². The van der Waals surface area contributed by atoms with E-state index in [1.807, 2.05) is 32.0 Å². The molecule has 2 aromatic carbocycles. The Kier molecular flexibility index (Phi) is 6.75. The van der Waals surface area contributed by atoms with E-state index in [2.05, 4.69) is 42.3 Å². The Labute approximate surface area is 214 Å². The number of ether oxygens (including phenoxy) is 2. The second-order valence-corrected chi connectivity index (χ2v) is 11.8. The van der Waals surface area contributed by atoms with Gasteiger partial charge in [-0.15, -0.1) is 0 Å². The number of alkyl carbamates (subject to hydrolysis) is 1. The molecule has 3 saturated heterocycles. The summed E-state index contributed by atoms with van der Waals surface area (Å²) in [4.78, 5) is 15.4. The van der Waals surface area contributed by atoms with E-state index in [9.17, 15) is 4.79 Å². The number of rotatable bonds is 5. The Morgan fingerprint density at radius 1 is 1.14 bits per heavy atom. The van der Waals surface area contributed by atoms with Gasteiger partial charge >= 0.3 is 6.09 Å². The summed E-state index contributed by atoms with van der Waals surface area (Å²) in [6.45, 7) is 11.6. The van der Waals surface area contributed by atoms with Crippen molar-refractivity contribution in [1.82, 2.24) is 10.2 Å². The van der Waals surface area contributed by atoms with E-state index in [1.54, 1.807) is 0 Å². The molecule has 0 aromatic heterocycles. The molecule has 2 bridgehead atoms. The quantitative estimate of drug-likeness (QED) is 0.504. The molecule has 35 heavy (non-hydrogen) atoms. The first kappa shape index (κ1) is 24.5. The van der Waals surface area contributed by atoms with E-state index in [1.165, 1.54) is 11.1 Å². The summed E-state index contributed by atoms with van der Waals surface area (Å²) >= 11 is 6.64. The number of aryl methyl sites for hydroxylation is 1. The first-order valence-corrected chi connectivity index (χ1v) is 13.4. The number of hydrogen-bond acceptors (Lipinski definition) is 4. The van der Waals surface area contributed by atoms with Gasteiger partial charge in [0, 0.05) is 12.1 Å². The maximum atomic E-state index is 13.0. The Balaban J connectivity index is 1.34. The van der Waals surface area contributed by atoms with Crippen molar-refractivity contribution in [3.8, 4) is 16.9 Å². The molecule has 5 nitrogen and oxygen atoms in total. The monoisotopic (exact) mass is 496 g/mol. The van der Waals surface area contributed by atoms with E-state index in [-0.39, 0.29) is 29.8 Å². The molecule has 4 aliphatic rings. The predicted octanol–water partition coefficient (Wildman–Crippen LogP) is 6.63. The second kappa shape index (κ2) is 9.67. The van der Waals surface area contributed by atoms with Gasteiger partial charge in [-0.05, 0) is 98.8 Å². The minimum atomic E-state index is -0.289. The van der Waals surface area contributed by atoms with E-state index >= 15 is 0 Å². The van der Waals surface area contributed by atoms with Crippen molar-refractivity contribution < 1.29 is 14.3 Å². The molecule has 1 amide bonds. The van der Waals surface area contributed by atoms with Gasteiger partial charge in [0.2, 0.25) is 0 Å². The Hall–Kier alpha value is -2.24. The summed E-state index contributed by atoms with van der Waals surface area (Å²) < 4.78 is 11.7. The van der Waals surface area contributed by atoms with Crippen LogP contribution in [0.2, 0.25) is 5.02 Å². The third kappa shape index (κ3) is 5.17. The predicted molar refractivity (Wildman–Crippen MR) is 140 cm³/mol. The van der Waals surface area contributed by atoms with Crippen LogP contribution in [0.5, 0.6) is 5.75 Å². The lowest BCUT2D eigenvalue weighted by Crippen LogP contribution is -2.53. The first-order chi connectivity index (χ1) is 16.7. The molecule has 188 valence electrons. The molecule has 1 N–H and O–H groups in total. The average molecular weight is 497 g/mol. The molecule has 0 unspecified atom stereocenters. The number of halogens is 1. The molecular formula is C29H37ClN2O3. The normalized spacial score (nSPS) is 26.8. The molecule has 0 radical (unpaired) electrons. The summed E-state index contributed by atoms with van der Waals surface area (Å²) in [5.41, 5.74) is 4.44. The van der Waals surface area contributed by atoms with Crippen LogP contribution in [0, 0.1) is 11.3 Å². The fraction of sp³-hybridized carbons (Fsp3) is 0.552. The molecule has 3 heterocycles. The van der Waals surface area contributed by atoms with Gasteiger partial charge in [0.05, 0.1) is 17.2 Å². The molecule has 2 atom stereocenters. The number of fused-ring (bicyclic) bond motifs is 4. The van der Waals surface area contributed by atoms with Crippen LogP contribution in [0.15, 0.2) is 36.4 Å². The van der Waals surface area contributed by atoms with Gasteiger partial charge in [-0.1, -0.05) is 43.6 Å². The molecule has 3 aliphatic heterocycles. The molecule has 3 fully saturated rings. The van der Waals surface area contributed by atoms with Crippen LogP contribution < -0.4 is 10.1 Å². The highest BCUT2D eigenvalue weighted by molar-refractivity contribution is 6.33. The van der Waals surface area contributed by atoms with Crippen LogP contribution in [0.1, 0.15) is 64.1 Å². The van der Waals surface area contributed by atoms with Crippen LogP contribution in [0.25, 0.3) is 11.1 Å². The molecule has 1 aliphatic carbocycles. The van der Waals surface area contributed by atoms with Crippen LogP contribution in [-0.4, -0.2) is 42.8 Å². The second-order valence-electron chi connectivity index (χ2n) is 11.4. The van der Waals surface area contributed by atoms with Crippen molar-refractivity contribution in [2.75, 3.05) is 19.6 Å². The first-order valence-electron chi connectivity index (χ1n) is 13.0. The minimum Gasteiger partial charge on any atom is -0.491 e. The maximum absolute atomic E-state index is 13.0. The third-order valence-corrected chi connectivity index (χ3v) is 8.33. The van der Waals surface area contributed by atoms with Gasteiger partial charge in [-0.3, -0.25) is 4.90 Å². The number of benzene rings is 2. The van der Waals surface area contributed by atoms with Crippen molar-refractivity contribution in [1.29, 1.82) is 0 Å². The Morgan fingerprint density at radius 3 is 2.57 bits per heavy atom. The fourth-order valence-corrected chi connectivity index (χ4v) is 6.26. The van der Waals surface area contributed by atoms with Gasteiger partial charge < -0.3 is 14.8 Å². The molecule has 0 saturated carbocycles. The SMILES string of the molecule is CC(C)Oc1ccc(-c2ccc3c(c2)CCC(C)(C)[C@H]3NC(=O)O[C@H]2CN3CCC2CC3)c(Cl)c1. The highest BCUT2D eigenvalue weighted by atomic mass is 35.5. The number of carbonyl (C=O) groups excluding carboxylic acids is 1. The molecule has 6 rings (SSSR count). The lowest BCUT2D eigenvalue weighted by atomic mass is 9.70. The molecular weight excluding hydrogens is 460 g/mol. The number of hydrogen-bond donors (Lipinski definition) is 1. The lowest BCUT2D eigenvalue weighted by Gasteiger charge is -2.44. The number of nitrogens with one attached hydrogen (secondary N) is 1. The molecule has 6 heteroatoms. The summed E-state index contributed by atoms with van der Waals surface area (Å²) in [7, 11) is 0. The van der Waals surface area contributed by atoms with Crippen LogP contribution >= 0.6 is 11.6 Å². The summed E-state index contributed by atoms with van der Waals surface area (Å²) in [5.74, 6) is 1.28. The number of carbonyl (C=O) groups is 1. The van der Waals surface area contributed by atoms with E-state index in [0.717, 1.165) is 62.2 Å². The lowest BCUT2D eigenvalue weighted by molar-refractivity contribution is -0.0353. The fourth-order valence-electron chi connectivity index (χ4n) is 5.98. The third-order valence-electron chi connectivity index (χ3n) is 8.01. The van der Waals surface area contributed by atoms with Crippen LogP contribution in [0.3, 0.4) is 0 Å². The van der Waals surface area contributed by atoms with Gasteiger partial charge in [-0.25, -0.2) is 4.79 Å². The molecule has 0 spiro atoms. The standard InChI is InChI=1S/C29H37ClN2O3/c1-18(2)34-22-6-8-23(25(30)16-22)20-5-7-24-21(15-20)9-12-29(3,4)27(24)31-28(33)35-26-17-32-13-10-19(26)11-14-32/h5-8,15-16,18-19,26-27H,9-14,17H2,1-4H3,(H,31,33)/t26-,27-/m0/s1.